The van der Waals surface area contributed by atoms with Gasteiger partial charge in [0.1, 0.15) is 10.4 Å². The minimum atomic E-state index is 0.801. The van der Waals surface area contributed by atoms with Gasteiger partial charge in [-0.15, -0.1) is 0 Å². The van der Waals surface area contributed by atoms with Gasteiger partial charge in [-0.2, -0.15) is 0 Å². The minimum Gasteiger partial charge on any atom is -0.464 e. The maximum absolute atomic E-state index is 5.25. The number of aromatic nitrogens is 1. The lowest BCUT2D eigenvalue weighted by Gasteiger charge is -1.99. The van der Waals surface area contributed by atoms with E-state index in [1.54, 1.807) is 12.5 Å². The lowest BCUT2D eigenvalue weighted by molar-refractivity contribution is 0.581. The Morgan fingerprint density at radius 2 is 2.15 bits per heavy atom. The number of furan rings is 1. The molecule has 0 bridgehead atoms. The van der Waals surface area contributed by atoms with Crippen molar-refractivity contribution < 1.29 is 4.42 Å². The average Bonchev–Trinajstić information content (AvgIpc) is 2.56. The zero-order valence-corrected chi connectivity index (χ0v) is 9.67. The van der Waals surface area contributed by atoms with Gasteiger partial charge in [0, 0.05) is 16.2 Å². The zero-order valence-electron chi connectivity index (χ0n) is 6.50. The lowest BCUT2D eigenvalue weighted by Crippen LogP contribution is -1.80. The van der Waals surface area contributed by atoms with Crippen molar-refractivity contribution in [2.24, 2.45) is 0 Å². The molecule has 0 amide bonds. The van der Waals surface area contributed by atoms with Crippen molar-refractivity contribution in [3.63, 3.8) is 0 Å². The SMILES string of the molecule is Brc1cc(Br)c(-c2ccco2)cn1. The van der Waals surface area contributed by atoms with Gasteiger partial charge in [0.25, 0.3) is 0 Å². The van der Waals surface area contributed by atoms with Gasteiger partial charge in [0.15, 0.2) is 0 Å². The Hall–Kier alpha value is -0.610. The molecule has 0 aliphatic heterocycles. The highest BCUT2D eigenvalue weighted by atomic mass is 79.9. The molecule has 0 saturated carbocycles. The highest BCUT2D eigenvalue weighted by molar-refractivity contribution is 9.11. The first kappa shape index (κ1) is 8.97. The maximum Gasteiger partial charge on any atom is 0.136 e. The van der Waals surface area contributed by atoms with Crippen LogP contribution in [-0.2, 0) is 0 Å². The first-order valence-corrected chi connectivity index (χ1v) is 5.21. The van der Waals surface area contributed by atoms with Crippen molar-refractivity contribution in [1.29, 1.82) is 0 Å². The Morgan fingerprint density at radius 1 is 1.31 bits per heavy atom. The summed E-state index contributed by atoms with van der Waals surface area (Å²) in [4.78, 5) is 4.12. The monoisotopic (exact) mass is 301 g/mol. The van der Waals surface area contributed by atoms with Crippen molar-refractivity contribution in [3.05, 3.63) is 39.7 Å². The van der Waals surface area contributed by atoms with E-state index in [1.165, 1.54) is 0 Å². The second kappa shape index (κ2) is 3.64. The Balaban J connectivity index is 2.53. The van der Waals surface area contributed by atoms with Gasteiger partial charge in [0.05, 0.1) is 6.26 Å². The van der Waals surface area contributed by atoms with Crippen LogP contribution < -0.4 is 0 Å². The second-order valence-electron chi connectivity index (χ2n) is 2.46. The third-order valence-corrected chi connectivity index (χ3v) is 2.70. The van der Waals surface area contributed by atoms with Crippen LogP contribution in [0.15, 0.2) is 44.2 Å². The lowest BCUT2D eigenvalue weighted by atomic mass is 10.2. The number of rotatable bonds is 1. The normalized spacial score (nSPS) is 10.3. The molecule has 2 aromatic rings. The molecule has 0 radical (unpaired) electrons. The summed E-state index contributed by atoms with van der Waals surface area (Å²) in [7, 11) is 0. The molecule has 0 aliphatic carbocycles. The van der Waals surface area contributed by atoms with E-state index in [-0.39, 0.29) is 0 Å². The standard InChI is InChI=1S/C9H5Br2NO/c10-7-4-9(11)12-5-6(7)8-2-1-3-13-8/h1-5H. The fraction of sp³-hybridized carbons (Fsp3) is 0. The summed E-state index contributed by atoms with van der Waals surface area (Å²) in [5.41, 5.74) is 0.952. The quantitative estimate of drug-likeness (QED) is 0.748. The topological polar surface area (TPSA) is 26.0 Å². The van der Waals surface area contributed by atoms with E-state index in [9.17, 15) is 0 Å². The molecule has 0 N–H and O–H groups in total. The van der Waals surface area contributed by atoms with Crippen molar-refractivity contribution in [2.75, 3.05) is 0 Å². The van der Waals surface area contributed by atoms with Gasteiger partial charge in [-0.05, 0) is 50.1 Å². The van der Waals surface area contributed by atoms with Crippen LogP contribution in [0.5, 0.6) is 0 Å². The highest BCUT2D eigenvalue weighted by Gasteiger charge is 2.06. The van der Waals surface area contributed by atoms with E-state index in [0.29, 0.717) is 0 Å². The number of hydrogen-bond donors (Lipinski definition) is 0. The van der Waals surface area contributed by atoms with Crippen molar-refractivity contribution in [2.45, 2.75) is 0 Å². The summed E-state index contributed by atoms with van der Waals surface area (Å²) in [6.07, 6.45) is 3.40. The molecule has 0 saturated heterocycles. The van der Waals surface area contributed by atoms with Crippen molar-refractivity contribution >= 4 is 31.9 Å². The van der Waals surface area contributed by atoms with Gasteiger partial charge in [-0.1, -0.05) is 0 Å². The number of pyridine rings is 1. The molecule has 0 spiro atoms. The molecule has 0 atom stereocenters. The number of halogens is 2. The van der Waals surface area contributed by atoms with Crippen LogP contribution in [0.25, 0.3) is 11.3 Å². The molecule has 2 heterocycles. The van der Waals surface area contributed by atoms with Crippen molar-refractivity contribution in [1.82, 2.24) is 4.98 Å². The molecule has 2 nitrogen and oxygen atoms in total. The molecular formula is C9H5Br2NO. The molecular weight excluding hydrogens is 298 g/mol. The summed E-state index contributed by atoms with van der Waals surface area (Å²) < 4.78 is 7.02. The highest BCUT2D eigenvalue weighted by Crippen LogP contribution is 2.29. The fourth-order valence-electron chi connectivity index (χ4n) is 1.02. The summed E-state index contributed by atoms with van der Waals surface area (Å²) in [5.74, 6) is 0.812. The van der Waals surface area contributed by atoms with Crippen LogP contribution in [0, 0.1) is 0 Å². The fourth-order valence-corrected chi connectivity index (χ4v) is 2.17. The van der Waals surface area contributed by atoms with Gasteiger partial charge in [0.2, 0.25) is 0 Å². The number of nitrogens with zero attached hydrogens (tertiary/aromatic N) is 1. The van der Waals surface area contributed by atoms with Gasteiger partial charge in [-0.3, -0.25) is 0 Å². The van der Waals surface area contributed by atoms with Crippen LogP contribution in [0.4, 0.5) is 0 Å². The smallest absolute Gasteiger partial charge is 0.136 e. The molecule has 66 valence electrons. The predicted molar refractivity (Wildman–Crippen MR) is 57.3 cm³/mol. The van der Waals surface area contributed by atoms with Crippen LogP contribution in [-0.4, -0.2) is 4.98 Å². The van der Waals surface area contributed by atoms with E-state index in [1.807, 2.05) is 18.2 Å². The van der Waals surface area contributed by atoms with Crippen LogP contribution in [0.1, 0.15) is 0 Å². The summed E-state index contributed by atoms with van der Waals surface area (Å²) in [6, 6.07) is 5.64. The Kier molecular flexibility index (Phi) is 2.51. The molecule has 0 fully saturated rings. The van der Waals surface area contributed by atoms with E-state index in [2.05, 4.69) is 36.8 Å². The number of hydrogen-bond acceptors (Lipinski definition) is 2. The molecule has 2 rings (SSSR count). The Morgan fingerprint density at radius 3 is 2.77 bits per heavy atom. The Bertz CT molecular complexity index is 412. The Labute approximate surface area is 92.2 Å². The first-order valence-electron chi connectivity index (χ1n) is 3.62. The largest absolute Gasteiger partial charge is 0.464 e. The van der Waals surface area contributed by atoms with Crippen LogP contribution in [0.3, 0.4) is 0 Å². The van der Waals surface area contributed by atoms with Crippen molar-refractivity contribution in [3.8, 4) is 11.3 Å². The molecule has 0 aromatic carbocycles. The van der Waals surface area contributed by atoms with Gasteiger partial charge < -0.3 is 4.42 Å². The van der Waals surface area contributed by atoms with E-state index in [4.69, 9.17) is 4.42 Å². The molecule has 0 aliphatic rings. The molecule has 13 heavy (non-hydrogen) atoms. The van der Waals surface area contributed by atoms with Crippen LogP contribution >= 0.6 is 31.9 Å². The maximum atomic E-state index is 5.25. The summed E-state index contributed by atoms with van der Waals surface area (Å²) in [5, 5.41) is 0. The van der Waals surface area contributed by atoms with E-state index in [0.717, 1.165) is 20.4 Å². The third-order valence-electron chi connectivity index (χ3n) is 1.61. The second-order valence-corrected chi connectivity index (χ2v) is 4.13. The first-order chi connectivity index (χ1) is 6.27. The molecule has 4 heteroatoms. The van der Waals surface area contributed by atoms with Gasteiger partial charge >= 0.3 is 0 Å². The predicted octanol–water partition coefficient (Wildman–Crippen LogP) is 3.87. The van der Waals surface area contributed by atoms with E-state index >= 15 is 0 Å². The molecule has 2 aromatic heterocycles. The zero-order chi connectivity index (χ0) is 9.26. The third kappa shape index (κ3) is 1.84. The molecule has 0 unspecified atom stereocenters. The van der Waals surface area contributed by atoms with E-state index < -0.39 is 0 Å². The summed E-state index contributed by atoms with van der Waals surface area (Å²) in [6.45, 7) is 0. The minimum absolute atomic E-state index is 0.801. The summed E-state index contributed by atoms with van der Waals surface area (Å²) >= 11 is 6.73. The van der Waals surface area contributed by atoms with Crippen LogP contribution in [0.2, 0.25) is 0 Å². The average molecular weight is 303 g/mol. The van der Waals surface area contributed by atoms with Gasteiger partial charge in [-0.25, -0.2) is 4.98 Å².